The van der Waals surface area contributed by atoms with Crippen molar-refractivity contribution in [2.75, 3.05) is 19.6 Å². The Balaban J connectivity index is 2.14. The van der Waals surface area contributed by atoms with Crippen molar-refractivity contribution in [3.8, 4) is 0 Å². The van der Waals surface area contributed by atoms with Crippen LogP contribution in [0.2, 0.25) is 0 Å². The van der Waals surface area contributed by atoms with Gasteiger partial charge in [0.15, 0.2) is 0 Å². The van der Waals surface area contributed by atoms with Gasteiger partial charge in [0.05, 0.1) is 6.04 Å². The van der Waals surface area contributed by atoms with Crippen LogP contribution in [-0.2, 0) is 43.2 Å². The highest BCUT2D eigenvalue weighted by atomic mass is 16.4. The number of rotatable bonds is 22. The average molecular weight is 768 g/mol. The first-order valence-electron chi connectivity index (χ1n) is 18.4. The Morgan fingerprint density at radius 1 is 0.704 bits per heavy atom. The molecular formula is C34H57N9O11. The van der Waals surface area contributed by atoms with Gasteiger partial charge >= 0.3 is 11.9 Å². The standard InChI is InChI=1S/C34H57N9O11/c1-18(2)27(41-31(50)24-10-6-16-42(24)32(51)20(36)11-14-26(45)46)33(52)43-17-7-9-23(43)30(49)39-21(12-13-25(37)44)29(48)38-19(3)28(47)40-22(34(53)54)8-4-5-15-35/h18-24,27H,4-17,35-36H2,1-3H3,(H2,37,44)(H,38,48)(H,39,49)(H,40,47)(H,41,50)(H,45,46)(H,53,54)/t19-,20-,21-,22-,23-,24+,27-/m0/s1. The van der Waals surface area contributed by atoms with Gasteiger partial charge < -0.3 is 58.5 Å². The number of likely N-dealkylation sites (tertiary alicyclic amines) is 2. The van der Waals surface area contributed by atoms with Crippen molar-refractivity contribution < 1.29 is 53.4 Å². The zero-order valence-electron chi connectivity index (χ0n) is 31.2. The zero-order valence-corrected chi connectivity index (χ0v) is 31.2. The Morgan fingerprint density at radius 2 is 1.28 bits per heavy atom. The van der Waals surface area contributed by atoms with E-state index in [-0.39, 0.29) is 51.6 Å². The van der Waals surface area contributed by atoms with Crippen molar-refractivity contribution in [1.29, 1.82) is 0 Å². The average Bonchev–Trinajstić information content (AvgIpc) is 3.80. The van der Waals surface area contributed by atoms with Crippen molar-refractivity contribution >= 4 is 53.3 Å². The first-order chi connectivity index (χ1) is 25.4. The molecule has 304 valence electrons. The fraction of sp³-hybridized carbons (Fsp3) is 0.735. The molecule has 7 atom stereocenters. The van der Waals surface area contributed by atoms with Crippen molar-refractivity contribution in [3.63, 3.8) is 0 Å². The van der Waals surface area contributed by atoms with E-state index in [0.717, 1.165) is 0 Å². The molecule has 0 aromatic rings. The smallest absolute Gasteiger partial charge is 0.326 e. The number of unbranched alkanes of at least 4 members (excludes halogenated alkanes) is 1. The molecule has 7 amide bonds. The first kappa shape index (κ1) is 45.3. The van der Waals surface area contributed by atoms with E-state index < -0.39 is 101 Å². The molecule has 20 heteroatoms. The van der Waals surface area contributed by atoms with Gasteiger partial charge in [-0.05, 0) is 77.2 Å². The quantitative estimate of drug-likeness (QED) is 0.0506. The largest absolute Gasteiger partial charge is 0.481 e. The van der Waals surface area contributed by atoms with Crippen LogP contribution in [0.5, 0.6) is 0 Å². The number of hydrogen-bond donors (Lipinski definition) is 9. The SMILES string of the molecule is CC(C)[C@H](NC(=O)[C@H]1CCCN1C(=O)[C@@H](N)CCC(=O)O)C(=O)N1CCC[C@H]1C(=O)N[C@@H](CCC(N)=O)C(=O)N[C@@H](C)C(=O)N[C@@H](CCCCN)C(=O)O. The van der Waals surface area contributed by atoms with Crippen LogP contribution in [-0.4, -0.2) is 135 Å². The Kier molecular flexibility index (Phi) is 18.3. The summed E-state index contributed by atoms with van der Waals surface area (Å²) >= 11 is 0. The van der Waals surface area contributed by atoms with E-state index in [0.29, 0.717) is 38.6 Å². The van der Waals surface area contributed by atoms with Gasteiger partial charge in [-0.2, -0.15) is 0 Å². The van der Waals surface area contributed by atoms with Crippen LogP contribution in [0.4, 0.5) is 0 Å². The molecule has 0 saturated carbocycles. The van der Waals surface area contributed by atoms with Crippen LogP contribution in [0, 0.1) is 5.92 Å². The summed E-state index contributed by atoms with van der Waals surface area (Å²) in [7, 11) is 0. The fourth-order valence-electron chi connectivity index (χ4n) is 6.41. The molecule has 20 nitrogen and oxygen atoms in total. The summed E-state index contributed by atoms with van der Waals surface area (Å²) in [5.41, 5.74) is 16.7. The molecule has 0 aromatic carbocycles. The Morgan fingerprint density at radius 3 is 1.80 bits per heavy atom. The molecule has 2 saturated heterocycles. The summed E-state index contributed by atoms with van der Waals surface area (Å²) in [6, 6.07) is -7.99. The van der Waals surface area contributed by atoms with E-state index in [1.807, 2.05) is 0 Å². The van der Waals surface area contributed by atoms with E-state index in [4.69, 9.17) is 22.3 Å². The third-order valence-corrected chi connectivity index (χ3v) is 9.52. The summed E-state index contributed by atoms with van der Waals surface area (Å²) in [5, 5.41) is 28.6. The highest BCUT2D eigenvalue weighted by Gasteiger charge is 2.42. The lowest BCUT2D eigenvalue weighted by molar-refractivity contribution is -0.145. The van der Waals surface area contributed by atoms with Gasteiger partial charge in [0.1, 0.15) is 36.3 Å². The van der Waals surface area contributed by atoms with Crippen molar-refractivity contribution in [1.82, 2.24) is 31.1 Å². The van der Waals surface area contributed by atoms with Gasteiger partial charge in [0.25, 0.3) is 0 Å². The second kappa shape index (κ2) is 21.8. The minimum absolute atomic E-state index is 0.104. The third kappa shape index (κ3) is 13.5. The van der Waals surface area contributed by atoms with Gasteiger partial charge in [0, 0.05) is 25.9 Å². The van der Waals surface area contributed by atoms with Gasteiger partial charge in [-0.1, -0.05) is 13.8 Å². The molecule has 2 fully saturated rings. The molecule has 2 aliphatic rings. The van der Waals surface area contributed by atoms with Gasteiger partial charge in [-0.25, -0.2) is 4.79 Å². The van der Waals surface area contributed by atoms with E-state index >= 15 is 0 Å². The van der Waals surface area contributed by atoms with E-state index in [1.54, 1.807) is 13.8 Å². The summed E-state index contributed by atoms with van der Waals surface area (Å²) in [5.74, 6) is -7.64. The number of carbonyl (C=O) groups excluding carboxylic acids is 7. The monoisotopic (exact) mass is 767 g/mol. The zero-order chi connectivity index (χ0) is 40.7. The highest BCUT2D eigenvalue weighted by Crippen LogP contribution is 2.23. The van der Waals surface area contributed by atoms with Crippen molar-refractivity contribution in [2.45, 2.75) is 134 Å². The maximum atomic E-state index is 13.9. The molecule has 2 heterocycles. The number of carbonyl (C=O) groups is 9. The lowest BCUT2D eigenvalue weighted by atomic mass is 10.0. The molecule has 2 aliphatic heterocycles. The Hall–Kier alpha value is -4.85. The van der Waals surface area contributed by atoms with Crippen LogP contribution >= 0.6 is 0 Å². The topological polar surface area (TPSA) is 327 Å². The molecule has 54 heavy (non-hydrogen) atoms. The predicted octanol–water partition coefficient (Wildman–Crippen LogP) is -2.75. The second-order valence-electron chi connectivity index (χ2n) is 14.1. The minimum atomic E-state index is -1.36. The molecule has 0 radical (unpaired) electrons. The number of primary amides is 1. The van der Waals surface area contributed by atoms with Crippen LogP contribution in [0.15, 0.2) is 0 Å². The molecule has 0 unspecified atom stereocenters. The van der Waals surface area contributed by atoms with E-state index in [9.17, 15) is 48.3 Å². The highest BCUT2D eigenvalue weighted by molar-refractivity contribution is 5.97. The summed E-state index contributed by atoms with van der Waals surface area (Å²) in [6.07, 6.45) is 1.62. The molecule has 0 bridgehead atoms. The number of carboxylic acids is 2. The third-order valence-electron chi connectivity index (χ3n) is 9.52. The predicted molar refractivity (Wildman–Crippen MR) is 192 cm³/mol. The molecular weight excluding hydrogens is 710 g/mol. The van der Waals surface area contributed by atoms with Crippen molar-refractivity contribution in [2.24, 2.45) is 23.1 Å². The number of aliphatic carboxylic acids is 2. The van der Waals surface area contributed by atoms with E-state index in [1.165, 1.54) is 16.7 Å². The molecule has 0 spiro atoms. The van der Waals surface area contributed by atoms with Gasteiger partial charge in [-0.3, -0.25) is 38.4 Å². The fourth-order valence-corrected chi connectivity index (χ4v) is 6.41. The number of nitrogens with one attached hydrogen (secondary N) is 4. The van der Waals surface area contributed by atoms with Crippen LogP contribution in [0.25, 0.3) is 0 Å². The van der Waals surface area contributed by atoms with Crippen LogP contribution < -0.4 is 38.5 Å². The minimum Gasteiger partial charge on any atom is -0.481 e. The Labute approximate surface area is 314 Å². The number of carboxylic acid groups (broad SMARTS) is 2. The molecule has 0 aromatic heterocycles. The Bertz CT molecular complexity index is 1390. The molecule has 0 aliphatic carbocycles. The summed E-state index contributed by atoms with van der Waals surface area (Å²) < 4.78 is 0. The van der Waals surface area contributed by atoms with Crippen LogP contribution in [0.1, 0.15) is 91.4 Å². The van der Waals surface area contributed by atoms with Gasteiger partial charge in [0.2, 0.25) is 41.4 Å². The lowest BCUT2D eigenvalue weighted by Crippen LogP contribution is -2.60. The van der Waals surface area contributed by atoms with Crippen molar-refractivity contribution in [3.05, 3.63) is 0 Å². The molecule has 2 rings (SSSR count). The normalized spacial score (nSPS) is 19.6. The summed E-state index contributed by atoms with van der Waals surface area (Å²) in [4.78, 5) is 117. The second-order valence-corrected chi connectivity index (χ2v) is 14.1. The maximum Gasteiger partial charge on any atom is 0.326 e. The maximum absolute atomic E-state index is 13.9. The number of amides is 7. The molecule has 12 N–H and O–H groups in total. The van der Waals surface area contributed by atoms with Crippen LogP contribution in [0.3, 0.4) is 0 Å². The first-order valence-corrected chi connectivity index (χ1v) is 18.4. The lowest BCUT2D eigenvalue weighted by Gasteiger charge is -2.33. The number of hydrogen-bond acceptors (Lipinski definition) is 11. The summed E-state index contributed by atoms with van der Waals surface area (Å²) in [6.45, 7) is 5.48. The van der Waals surface area contributed by atoms with Gasteiger partial charge in [-0.15, -0.1) is 0 Å². The number of nitrogens with zero attached hydrogens (tertiary/aromatic N) is 2. The van der Waals surface area contributed by atoms with E-state index in [2.05, 4.69) is 21.3 Å². The number of nitrogens with two attached hydrogens (primary N) is 3.